The molecule has 4 nitrogen and oxygen atoms in total. The molecule has 102 valence electrons. The predicted octanol–water partition coefficient (Wildman–Crippen LogP) is 2.47. The van der Waals surface area contributed by atoms with Crippen LogP contribution >= 0.6 is 0 Å². The van der Waals surface area contributed by atoms with E-state index in [1.54, 1.807) is 16.6 Å². The largest absolute Gasteiger partial charge is 0.308 e. The Hall–Kier alpha value is -2.27. The Balaban J connectivity index is 1.66. The number of hydrogen-bond donors (Lipinski definition) is 1. The molecule has 0 aliphatic heterocycles. The molecule has 0 amide bonds. The highest BCUT2D eigenvalue weighted by molar-refractivity contribution is 5.38. The van der Waals surface area contributed by atoms with E-state index in [4.69, 9.17) is 0 Å². The van der Waals surface area contributed by atoms with Gasteiger partial charge in [-0.1, -0.05) is 18.2 Å². The number of hydrogen-bond acceptors (Lipinski definition) is 3. The number of nitrogens with one attached hydrogen (secondary N) is 1. The van der Waals surface area contributed by atoms with Crippen LogP contribution in [0.4, 0.5) is 4.39 Å². The second-order valence-electron chi connectivity index (χ2n) is 4.75. The summed E-state index contributed by atoms with van der Waals surface area (Å²) in [6.45, 7) is 3.05. The highest BCUT2D eigenvalue weighted by Gasteiger charge is 2.02. The minimum Gasteiger partial charge on any atom is -0.308 e. The van der Waals surface area contributed by atoms with Crippen molar-refractivity contribution in [3.8, 4) is 0 Å². The Kier molecular flexibility index (Phi) is 3.43. The second kappa shape index (κ2) is 5.38. The first-order valence-corrected chi connectivity index (χ1v) is 6.47. The van der Waals surface area contributed by atoms with E-state index in [-0.39, 0.29) is 5.82 Å². The van der Waals surface area contributed by atoms with Crippen LogP contribution in [-0.4, -0.2) is 14.6 Å². The molecule has 5 heteroatoms. The molecule has 3 rings (SSSR count). The van der Waals surface area contributed by atoms with Crippen LogP contribution in [0.25, 0.3) is 5.65 Å². The fourth-order valence-corrected chi connectivity index (χ4v) is 2.11. The second-order valence-corrected chi connectivity index (χ2v) is 4.75. The summed E-state index contributed by atoms with van der Waals surface area (Å²) < 4.78 is 15.2. The van der Waals surface area contributed by atoms with Crippen molar-refractivity contribution in [3.05, 3.63) is 65.4 Å². The predicted molar refractivity (Wildman–Crippen MR) is 74.7 cm³/mol. The van der Waals surface area contributed by atoms with Gasteiger partial charge in [0.25, 0.3) is 0 Å². The first kappa shape index (κ1) is 12.7. The molecule has 0 saturated carbocycles. The van der Waals surface area contributed by atoms with Gasteiger partial charge in [0, 0.05) is 42.7 Å². The van der Waals surface area contributed by atoms with Gasteiger partial charge in [0.2, 0.25) is 0 Å². The minimum absolute atomic E-state index is 0.184. The summed E-state index contributed by atoms with van der Waals surface area (Å²) in [6, 6.07) is 8.70. The zero-order valence-corrected chi connectivity index (χ0v) is 11.2. The van der Waals surface area contributed by atoms with Crippen LogP contribution in [0, 0.1) is 12.7 Å². The van der Waals surface area contributed by atoms with Crippen molar-refractivity contribution < 1.29 is 4.39 Å². The molecular formula is C15H15FN4. The van der Waals surface area contributed by atoms with Gasteiger partial charge in [-0.05, 0) is 13.0 Å². The summed E-state index contributed by atoms with van der Waals surface area (Å²) in [6.07, 6.45) is 3.74. The maximum atomic E-state index is 13.5. The number of fused-ring (bicyclic) bond motifs is 1. The topological polar surface area (TPSA) is 42.2 Å². The summed E-state index contributed by atoms with van der Waals surface area (Å²) in [7, 11) is 0. The molecule has 0 spiro atoms. The van der Waals surface area contributed by atoms with Crippen LogP contribution in [0.5, 0.6) is 0 Å². The average molecular weight is 270 g/mol. The molecule has 0 bridgehead atoms. The number of nitrogens with zero attached hydrogens (tertiary/aromatic N) is 3. The van der Waals surface area contributed by atoms with Gasteiger partial charge in [-0.15, -0.1) is 0 Å². The molecule has 0 atom stereocenters. The van der Waals surface area contributed by atoms with Gasteiger partial charge in [0.15, 0.2) is 5.65 Å². The van der Waals surface area contributed by atoms with Crippen LogP contribution in [0.1, 0.15) is 16.8 Å². The first-order chi connectivity index (χ1) is 9.72. The molecule has 2 aromatic heterocycles. The zero-order chi connectivity index (χ0) is 13.9. The highest BCUT2D eigenvalue weighted by Crippen LogP contribution is 2.07. The van der Waals surface area contributed by atoms with Crippen molar-refractivity contribution >= 4 is 5.65 Å². The third kappa shape index (κ3) is 2.67. The Morgan fingerprint density at radius 2 is 2.10 bits per heavy atom. The number of aryl methyl sites for hydroxylation is 1. The third-order valence-corrected chi connectivity index (χ3v) is 3.09. The van der Waals surface area contributed by atoms with Gasteiger partial charge in [-0.2, -0.15) is 5.10 Å². The lowest BCUT2D eigenvalue weighted by atomic mass is 10.2. The van der Waals surface area contributed by atoms with E-state index in [1.165, 1.54) is 6.07 Å². The summed E-state index contributed by atoms with van der Waals surface area (Å²) in [5.41, 5.74) is 3.45. The maximum Gasteiger partial charge on any atom is 0.155 e. The monoisotopic (exact) mass is 270 g/mol. The molecule has 0 aliphatic rings. The summed E-state index contributed by atoms with van der Waals surface area (Å²) >= 11 is 0. The van der Waals surface area contributed by atoms with Crippen LogP contribution in [0.15, 0.2) is 42.7 Å². The number of aromatic nitrogens is 3. The lowest BCUT2D eigenvalue weighted by molar-refractivity contribution is 0.587. The highest BCUT2D eigenvalue weighted by atomic mass is 19.1. The quantitative estimate of drug-likeness (QED) is 0.792. The molecule has 3 aromatic rings. The SMILES string of the molecule is Cc1cc2ncc(CNCc3ccccc3F)cn2n1. The lowest BCUT2D eigenvalue weighted by Gasteiger charge is -2.06. The number of benzene rings is 1. The Bertz CT molecular complexity index is 736. The van der Waals surface area contributed by atoms with Gasteiger partial charge in [-0.3, -0.25) is 0 Å². The van der Waals surface area contributed by atoms with E-state index in [1.807, 2.05) is 31.5 Å². The van der Waals surface area contributed by atoms with Gasteiger partial charge in [0.05, 0.1) is 5.69 Å². The molecule has 1 aromatic carbocycles. The van der Waals surface area contributed by atoms with Crippen LogP contribution in [0.3, 0.4) is 0 Å². The average Bonchev–Trinajstić information content (AvgIpc) is 2.80. The normalized spacial score (nSPS) is 11.1. The molecule has 0 fully saturated rings. The maximum absolute atomic E-state index is 13.5. The Morgan fingerprint density at radius 1 is 1.25 bits per heavy atom. The lowest BCUT2D eigenvalue weighted by Crippen LogP contribution is -2.14. The zero-order valence-electron chi connectivity index (χ0n) is 11.2. The molecule has 0 saturated heterocycles. The van der Waals surface area contributed by atoms with E-state index < -0.39 is 0 Å². The molecule has 0 aliphatic carbocycles. The van der Waals surface area contributed by atoms with Crippen molar-refractivity contribution in [2.75, 3.05) is 0 Å². The van der Waals surface area contributed by atoms with Crippen LogP contribution < -0.4 is 5.32 Å². The van der Waals surface area contributed by atoms with E-state index in [0.29, 0.717) is 18.7 Å². The van der Waals surface area contributed by atoms with Crippen molar-refractivity contribution in [1.29, 1.82) is 0 Å². The number of rotatable bonds is 4. The molecule has 20 heavy (non-hydrogen) atoms. The van der Waals surface area contributed by atoms with Crippen molar-refractivity contribution in [2.45, 2.75) is 20.0 Å². The smallest absolute Gasteiger partial charge is 0.155 e. The fourth-order valence-electron chi connectivity index (χ4n) is 2.11. The van der Waals surface area contributed by atoms with Crippen molar-refractivity contribution in [1.82, 2.24) is 19.9 Å². The Labute approximate surface area is 116 Å². The molecule has 0 radical (unpaired) electrons. The molecule has 0 unspecified atom stereocenters. The first-order valence-electron chi connectivity index (χ1n) is 6.47. The van der Waals surface area contributed by atoms with Gasteiger partial charge >= 0.3 is 0 Å². The van der Waals surface area contributed by atoms with E-state index >= 15 is 0 Å². The van der Waals surface area contributed by atoms with E-state index in [9.17, 15) is 4.39 Å². The van der Waals surface area contributed by atoms with E-state index in [0.717, 1.165) is 16.9 Å². The van der Waals surface area contributed by atoms with Crippen molar-refractivity contribution in [2.24, 2.45) is 0 Å². The van der Waals surface area contributed by atoms with Crippen LogP contribution in [-0.2, 0) is 13.1 Å². The molecular weight excluding hydrogens is 255 g/mol. The Morgan fingerprint density at radius 3 is 2.95 bits per heavy atom. The van der Waals surface area contributed by atoms with Gasteiger partial charge in [0.1, 0.15) is 5.82 Å². The minimum atomic E-state index is -0.184. The summed E-state index contributed by atoms with van der Waals surface area (Å²) in [5.74, 6) is -0.184. The molecule has 2 heterocycles. The van der Waals surface area contributed by atoms with Crippen LogP contribution in [0.2, 0.25) is 0 Å². The van der Waals surface area contributed by atoms with Gasteiger partial charge in [-0.25, -0.2) is 13.9 Å². The van der Waals surface area contributed by atoms with Gasteiger partial charge < -0.3 is 5.32 Å². The summed E-state index contributed by atoms with van der Waals surface area (Å²) in [5, 5.41) is 7.53. The standard InChI is InChI=1S/C15H15FN4/c1-11-6-15-18-8-12(10-20(15)19-11)7-17-9-13-4-2-3-5-14(13)16/h2-6,8,10,17H,7,9H2,1H3. The molecule has 1 N–H and O–H groups in total. The van der Waals surface area contributed by atoms with Crippen molar-refractivity contribution in [3.63, 3.8) is 0 Å². The van der Waals surface area contributed by atoms with E-state index in [2.05, 4.69) is 15.4 Å². The fraction of sp³-hybridized carbons (Fsp3) is 0.200. The summed E-state index contributed by atoms with van der Waals surface area (Å²) in [4.78, 5) is 4.33. The number of halogens is 1. The third-order valence-electron chi connectivity index (χ3n) is 3.09.